The molecule has 1 aliphatic carbocycles. The van der Waals surface area contributed by atoms with Crippen LogP contribution in [0, 0.1) is 0 Å². The van der Waals surface area contributed by atoms with Crippen LogP contribution in [0.2, 0.25) is 0 Å². The molecule has 0 spiro atoms. The fourth-order valence-corrected chi connectivity index (χ4v) is 1.75. The highest BCUT2D eigenvalue weighted by Gasteiger charge is 2.33. The Kier molecular flexibility index (Phi) is 3.87. The minimum atomic E-state index is -0.471. The molecule has 6 heteroatoms. The summed E-state index contributed by atoms with van der Waals surface area (Å²) in [5, 5.41) is 2.81. The minimum absolute atomic E-state index is 0.0577. The van der Waals surface area contributed by atoms with Crippen LogP contribution in [0.25, 0.3) is 0 Å². The fourth-order valence-electron chi connectivity index (χ4n) is 1.75. The van der Waals surface area contributed by atoms with E-state index in [0.29, 0.717) is 6.01 Å². The third kappa shape index (κ3) is 4.39. The topological polar surface area (TPSA) is 73.3 Å². The van der Waals surface area contributed by atoms with Crippen molar-refractivity contribution in [1.29, 1.82) is 0 Å². The molecule has 1 saturated carbocycles. The molecular weight excluding hydrogens is 246 g/mol. The molecule has 6 nitrogen and oxygen atoms in total. The Balaban J connectivity index is 1.68. The molecule has 0 atom stereocenters. The van der Waals surface area contributed by atoms with E-state index in [1.165, 1.54) is 0 Å². The lowest BCUT2D eigenvalue weighted by Gasteiger charge is -2.35. The van der Waals surface area contributed by atoms with Gasteiger partial charge in [0.15, 0.2) is 0 Å². The van der Waals surface area contributed by atoms with E-state index in [-0.39, 0.29) is 18.2 Å². The zero-order chi connectivity index (χ0) is 13.9. The van der Waals surface area contributed by atoms with Crippen LogP contribution in [-0.4, -0.2) is 33.8 Å². The Hall–Kier alpha value is -1.85. The molecule has 19 heavy (non-hydrogen) atoms. The molecule has 0 bridgehead atoms. The quantitative estimate of drug-likeness (QED) is 0.903. The van der Waals surface area contributed by atoms with E-state index in [1.54, 1.807) is 18.5 Å². The molecule has 1 N–H and O–H groups in total. The first-order valence-electron chi connectivity index (χ1n) is 6.35. The summed E-state index contributed by atoms with van der Waals surface area (Å²) in [6, 6.07) is 2.22. The molecule has 0 unspecified atom stereocenters. The summed E-state index contributed by atoms with van der Waals surface area (Å²) < 4.78 is 10.7. The van der Waals surface area contributed by atoms with E-state index in [2.05, 4.69) is 15.3 Å². The Bertz CT molecular complexity index is 425. The third-order valence-electron chi connectivity index (χ3n) is 2.63. The Morgan fingerprint density at radius 2 is 1.95 bits per heavy atom. The average Bonchev–Trinajstić information content (AvgIpc) is 2.25. The summed E-state index contributed by atoms with van der Waals surface area (Å²) in [4.78, 5) is 19.5. The molecule has 0 saturated heterocycles. The number of ether oxygens (including phenoxy) is 2. The maximum atomic E-state index is 11.5. The zero-order valence-corrected chi connectivity index (χ0v) is 11.4. The molecule has 1 amide bonds. The highest BCUT2D eigenvalue weighted by Crippen LogP contribution is 2.24. The van der Waals surface area contributed by atoms with E-state index in [4.69, 9.17) is 9.47 Å². The maximum Gasteiger partial charge on any atom is 0.407 e. The zero-order valence-electron chi connectivity index (χ0n) is 11.4. The van der Waals surface area contributed by atoms with Crippen LogP contribution in [0.4, 0.5) is 4.79 Å². The van der Waals surface area contributed by atoms with Crippen LogP contribution in [0.15, 0.2) is 18.5 Å². The summed E-state index contributed by atoms with van der Waals surface area (Å²) in [6.45, 7) is 5.52. The fraction of sp³-hybridized carbons (Fsp3) is 0.615. The number of rotatable bonds is 3. The number of aromatic nitrogens is 2. The van der Waals surface area contributed by atoms with Gasteiger partial charge in [-0.15, -0.1) is 0 Å². The van der Waals surface area contributed by atoms with Crippen molar-refractivity contribution >= 4 is 6.09 Å². The predicted octanol–water partition coefficient (Wildman–Crippen LogP) is 1.91. The predicted molar refractivity (Wildman–Crippen MR) is 68.8 cm³/mol. The van der Waals surface area contributed by atoms with Crippen molar-refractivity contribution in [3.05, 3.63) is 18.5 Å². The van der Waals surface area contributed by atoms with Crippen molar-refractivity contribution in [2.24, 2.45) is 0 Å². The van der Waals surface area contributed by atoms with Crippen LogP contribution < -0.4 is 10.1 Å². The minimum Gasteiger partial charge on any atom is -0.460 e. The Labute approximate surface area is 112 Å². The first-order chi connectivity index (χ1) is 8.92. The lowest BCUT2D eigenvalue weighted by molar-refractivity contribution is 0.0345. The molecule has 2 rings (SSSR count). The molecule has 1 aromatic rings. The van der Waals surface area contributed by atoms with E-state index in [1.807, 2.05) is 20.8 Å². The molecule has 104 valence electrons. The van der Waals surface area contributed by atoms with Gasteiger partial charge in [0.2, 0.25) is 0 Å². The van der Waals surface area contributed by atoms with Crippen molar-refractivity contribution in [3.8, 4) is 6.01 Å². The highest BCUT2D eigenvalue weighted by atomic mass is 16.6. The van der Waals surface area contributed by atoms with Gasteiger partial charge in [0.05, 0.1) is 0 Å². The van der Waals surface area contributed by atoms with E-state index >= 15 is 0 Å². The van der Waals surface area contributed by atoms with Gasteiger partial charge in [-0.2, -0.15) is 0 Å². The van der Waals surface area contributed by atoms with Gasteiger partial charge in [-0.3, -0.25) is 0 Å². The lowest BCUT2D eigenvalue weighted by atomic mass is 9.89. The first-order valence-corrected chi connectivity index (χ1v) is 6.35. The smallest absolute Gasteiger partial charge is 0.407 e. The molecule has 0 aromatic carbocycles. The van der Waals surface area contributed by atoms with Crippen molar-refractivity contribution in [1.82, 2.24) is 15.3 Å². The van der Waals surface area contributed by atoms with Gasteiger partial charge in [0, 0.05) is 31.3 Å². The van der Waals surface area contributed by atoms with Crippen molar-refractivity contribution in [3.63, 3.8) is 0 Å². The summed E-state index contributed by atoms with van der Waals surface area (Å²) in [7, 11) is 0. The lowest BCUT2D eigenvalue weighted by Crippen LogP contribution is -2.50. The SMILES string of the molecule is CC(C)(C)OC(=O)NC1CC(Oc2ncccn2)C1. The number of amides is 1. The second-order valence-electron chi connectivity index (χ2n) is 5.59. The normalized spacial score (nSPS) is 22.3. The Morgan fingerprint density at radius 3 is 2.53 bits per heavy atom. The molecular formula is C13H19N3O3. The first kappa shape index (κ1) is 13.6. The maximum absolute atomic E-state index is 11.5. The van der Waals surface area contributed by atoms with Gasteiger partial charge in [-0.1, -0.05) is 0 Å². The van der Waals surface area contributed by atoms with Crippen LogP contribution in [0.5, 0.6) is 6.01 Å². The number of carbonyl (C=O) groups excluding carboxylic acids is 1. The number of hydrogen-bond acceptors (Lipinski definition) is 5. The highest BCUT2D eigenvalue weighted by molar-refractivity contribution is 5.68. The second-order valence-corrected chi connectivity index (χ2v) is 5.59. The molecule has 1 aliphatic rings. The second kappa shape index (κ2) is 5.42. The number of alkyl carbamates (subject to hydrolysis) is 1. The molecule has 1 aromatic heterocycles. The van der Waals surface area contributed by atoms with Crippen molar-refractivity contribution < 1.29 is 14.3 Å². The van der Waals surface area contributed by atoms with E-state index in [0.717, 1.165) is 12.8 Å². The number of hydrogen-bond donors (Lipinski definition) is 1. The molecule has 0 aliphatic heterocycles. The standard InChI is InChI=1S/C13H19N3O3/c1-13(2,3)19-12(17)16-9-7-10(8-9)18-11-14-5-4-6-15-11/h4-6,9-10H,7-8H2,1-3H3,(H,16,17). The summed E-state index contributed by atoms with van der Waals surface area (Å²) in [6.07, 6.45) is 4.44. The average molecular weight is 265 g/mol. The van der Waals surface area contributed by atoms with Crippen molar-refractivity contribution in [2.75, 3.05) is 0 Å². The van der Waals surface area contributed by atoms with E-state index < -0.39 is 5.60 Å². The van der Waals surface area contributed by atoms with Crippen LogP contribution >= 0.6 is 0 Å². The number of carbonyl (C=O) groups is 1. The van der Waals surface area contributed by atoms with Gasteiger partial charge in [0.1, 0.15) is 11.7 Å². The summed E-state index contributed by atoms with van der Waals surface area (Å²) >= 11 is 0. The Morgan fingerprint density at radius 1 is 1.32 bits per heavy atom. The summed E-state index contributed by atoms with van der Waals surface area (Å²) in [5.41, 5.74) is -0.471. The van der Waals surface area contributed by atoms with Crippen molar-refractivity contribution in [2.45, 2.75) is 51.4 Å². The molecule has 1 heterocycles. The third-order valence-corrected chi connectivity index (χ3v) is 2.63. The van der Waals surface area contributed by atoms with E-state index in [9.17, 15) is 4.79 Å². The number of nitrogens with one attached hydrogen (secondary N) is 1. The molecule has 0 radical (unpaired) electrons. The monoisotopic (exact) mass is 265 g/mol. The number of nitrogens with zero attached hydrogens (tertiary/aromatic N) is 2. The van der Waals surface area contributed by atoms with Crippen LogP contribution in [0.1, 0.15) is 33.6 Å². The van der Waals surface area contributed by atoms with Gasteiger partial charge < -0.3 is 14.8 Å². The van der Waals surface area contributed by atoms with Gasteiger partial charge in [0.25, 0.3) is 0 Å². The van der Waals surface area contributed by atoms with Gasteiger partial charge >= 0.3 is 12.1 Å². The summed E-state index contributed by atoms with van der Waals surface area (Å²) in [5.74, 6) is 0. The van der Waals surface area contributed by atoms with Gasteiger partial charge in [-0.25, -0.2) is 14.8 Å². The van der Waals surface area contributed by atoms with Crippen LogP contribution in [-0.2, 0) is 4.74 Å². The van der Waals surface area contributed by atoms with Crippen LogP contribution in [0.3, 0.4) is 0 Å². The molecule has 1 fully saturated rings. The van der Waals surface area contributed by atoms with Gasteiger partial charge in [-0.05, 0) is 26.8 Å². The largest absolute Gasteiger partial charge is 0.460 e.